The number of hydrogen-bond donors (Lipinski definition) is 1. The SMILES string of the molecule is CC(C)CCNCCOc1cccc(C(C)C)c1. The highest BCUT2D eigenvalue weighted by atomic mass is 16.5. The van der Waals surface area contributed by atoms with Gasteiger partial charge in [0.25, 0.3) is 0 Å². The Hall–Kier alpha value is -1.02. The summed E-state index contributed by atoms with van der Waals surface area (Å²) in [6.07, 6.45) is 1.23. The molecule has 0 spiro atoms. The molecule has 0 aliphatic rings. The summed E-state index contributed by atoms with van der Waals surface area (Å²) in [6, 6.07) is 8.38. The molecular weight excluding hydrogens is 222 g/mol. The quantitative estimate of drug-likeness (QED) is 0.707. The molecule has 0 fully saturated rings. The summed E-state index contributed by atoms with van der Waals surface area (Å²) in [7, 11) is 0. The summed E-state index contributed by atoms with van der Waals surface area (Å²) >= 11 is 0. The van der Waals surface area contributed by atoms with Crippen LogP contribution in [0.2, 0.25) is 0 Å². The fourth-order valence-electron chi connectivity index (χ4n) is 1.72. The van der Waals surface area contributed by atoms with Crippen molar-refractivity contribution < 1.29 is 4.74 Å². The molecule has 18 heavy (non-hydrogen) atoms. The molecule has 0 radical (unpaired) electrons. The summed E-state index contributed by atoms with van der Waals surface area (Å²) in [5.41, 5.74) is 1.33. The van der Waals surface area contributed by atoms with Gasteiger partial charge in [-0.3, -0.25) is 0 Å². The predicted octanol–water partition coefficient (Wildman–Crippen LogP) is 3.82. The Morgan fingerprint density at radius 2 is 1.89 bits per heavy atom. The topological polar surface area (TPSA) is 21.3 Å². The number of ether oxygens (including phenoxy) is 1. The van der Waals surface area contributed by atoms with Crippen LogP contribution in [0.15, 0.2) is 24.3 Å². The van der Waals surface area contributed by atoms with Gasteiger partial charge in [-0.25, -0.2) is 0 Å². The maximum absolute atomic E-state index is 5.74. The standard InChI is InChI=1S/C16H27NO/c1-13(2)8-9-17-10-11-18-16-7-5-6-15(12-16)14(3)4/h5-7,12-14,17H,8-11H2,1-4H3. The molecule has 1 aromatic carbocycles. The van der Waals surface area contributed by atoms with Crippen molar-refractivity contribution in [2.24, 2.45) is 5.92 Å². The van der Waals surface area contributed by atoms with E-state index < -0.39 is 0 Å². The lowest BCUT2D eigenvalue weighted by Gasteiger charge is -2.11. The zero-order valence-electron chi connectivity index (χ0n) is 12.2. The van der Waals surface area contributed by atoms with Crippen LogP contribution in [-0.4, -0.2) is 19.7 Å². The average molecular weight is 249 g/mol. The van der Waals surface area contributed by atoms with Crippen molar-refractivity contribution in [3.8, 4) is 5.75 Å². The van der Waals surface area contributed by atoms with Gasteiger partial charge in [0.1, 0.15) is 12.4 Å². The van der Waals surface area contributed by atoms with Crippen LogP contribution in [0.5, 0.6) is 5.75 Å². The smallest absolute Gasteiger partial charge is 0.119 e. The van der Waals surface area contributed by atoms with Crippen molar-refractivity contribution in [2.75, 3.05) is 19.7 Å². The molecule has 1 aromatic rings. The zero-order chi connectivity index (χ0) is 13.4. The van der Waals surface area contributed by atoms with Crippen molar-refractivity contribution in [3.63, 3.8) is 0 Å². The molecule has 2 heteroatoms. The second-order valence-corrected chi connectivity index (χ2v) is 5.51. The molecule has 0 atom stereocenters. The fourth-order valence-corrected chi connectivity index (χ4v) is 1.72. The third-order valence-electron chi connectivity index (χ3n) is 2.97. The lowest BCUT2D eigenvalue weighted by molar-refractivity contribution is 0.312. The Bertz CT molecular complexity index is 334. The Morgan fingerprint density at radius 3 is 2.56 bits per heavy atom. The first kappa shape index (κ1) is 15.0. The van der Waals surface area contributed by atoms with Crippen LogP contribution in [0.4, 0.5) is 0 Å². The van der Waals surface area contributed by atoms with Crippen molar-refractivity contribution in [3.05, 3.63) is 29.8 Å². The van der Waals surface area contributed by atoms with E-state index in [9.17, 15) is 0 Å². The van der Waals surface area contributed by atoms with Crippen LogP contribution < -0.4 is 10.1 Å². The molecule has 0 saturated heterocycles. The van der Waals surface area contributed by atoms with Gasteiger partial charge in [0.2, 0.25) is 0 Å². The van der Waals surface area contributed by atoms with Gasteiger partial charge in [-0.2, -0.15) is 0 Å². The Labute approximate surface area is 112 Å². The Balaban J connectivity index is 2.21. The molecule has 102 valence electrons. The molecule has 1 rings (SSSR count). The molecular formula is C16H27NO. The summed E-state index contributed by atoms with van der Waals surface area (Å²) < 4.78 is 5.74. The van der Waals surface area contributed by atoms with Crippen molar-refractivity contribution >= 4 is 0 Å². The van der Waals surface area contributed by atoms with E-state index in [1.807, 2.05) is 6.07 Å². The largest absolute Gasteiger partial charge is 0.492 e. The Morgan fingerprint density at radius 1 is 1.11 bits per heavy atom. The maximum Gasteiger partial charge on any atom is 0.119 e. The van der Waals surface area contributed by atoms with E-state index >= 15 is 0 Å². The van der Waals surface area contributed by atoms with Gasteiger partial charge in [0, 0.05) is 6.54 Å². The average Bonchev–Trinajstić information content (AvgIpc) is 2.33. The molecule has 0 aromatic heterocycles. The summed E-state index contributed by atoms with van der Waals surface area (Å²) in [5.74, 6) is 2.30. The number of nitrogens with one attached hydrogen (secondary N) is 1. The van der Waals surface area contributed by atoms with Crippen LogP contribution in [0, 0.1) is 5.92 Å². The first-order valence-electron chi connectivity index (χ1n) is 7.03. The summed E-state index contributed by atoms with van der Waals surface area (Å²) in [6.45, 7) is 11.6. The van der Waals surface area contributed by atoms with E-state index in [0.717, 1.165) is 31.4 Å². The molecule has 0 bridgehead atoms. The lowest BCUT2D eigenvalue weighted by Crippen LogP contribution is -2.23. The Kier molecular flexibility index (Phi) is 6.81. The van der Waals surface area contributed by atoms with Gasteiger partial charge in [0.05, 0.1) is 0 Å². The van der Waals surface area contributed by atoms with Gasteiger partial charge < -0.3 is 10.1 Å². The van der Waals surface area contributed by atoms with E-state index in [-0.39, 0.29) is 0 Å². The monoisotopic (exact) mass is 249 g/mol. The highest BCUT2D eigenvalue weighted by molar-refractivity contribution is 5.30. The van der Waals surface area contributed by atoms with E-state index in [1.165, 1.54) is 12.0 Å². The fraction of sp³-hybridized carbons (Fsp3) is 0.625. The predicted molar refractivity (Wildman–Crippen MR) is 78.4 cm³/mol. The minimum atomic E-state index is 0.553. The second-order valence-electron chi connectivity index (χ2n) is 5.51. The van der Waals surface area contributed by atoms with E-state index in [2.05, 4.69) is 51.2 Å². The highest BCUT2D eigenvalue weighted by Crippen LogP contribution is 2.19. The summed E-state index contributed by atoms with van der Waals surface area (Å²) in [4.78, 5) is 0. The molecule has 0 amide bonds. The van der Waals surface area contributed by atoms with Crippen LogP contribution >= 0.6 is 0 Å². The van der Waals surface area contributed by atoms with Crippen LogP contribution in [0.1, 0.15) is 45.6 Å². The maximum atomic E-state index is 5.74. The molecule has 0 unspecified atom stereocenters. The molecule has 2 nitrogen and oxygen atoms in total. The first-order chi connectivity index (χ1) is 8.59. The van der Waals surface area contributed by atoms with Gasteiger partial charge in [-0.05, 0) is 42.5 Å². The lowest BCUT2D eigenvalue weighted by atomic mass is 10.0. The molecule has 0 heterocycles. The van der Waals surface area contributed by atoms with Gasteiger partial charge in [0.15, 0.2) is 0 Å². The van der Waals surface area contributed by atoms with Crippen molar-refractivity contribution in [2.45, 2.75) is 40.0 Å². The second kappa shape index (κ2) is 8.15. The van der Waals surface area contributed by atoms with Crippen molar-refractivity contribution in [1.29, 1.82) is 0 Å². The van der Waals surface area contributed by atoms with E-state index in [1.54, 1.807) is 0 Å². The van der Waals surface area contributed by atoms with Gasteiger partial charge >= 0.3 is 0 Å². The minimum absolute atomic E-state index is 0.553. The first-order valence-corrected chi connectivity index (χ1v) is 7.03. The number of hydrogen-bond acceptors (Lipinski definition) is 2. The number of rotatable bonds is 8. The minimum Gasteiger partial charge on any atom is -0.492 e. The molecule has 0 saturated carbocycles. The highest BCUT2D eigenvalue weighted by Gasteiger charge is 2.00. The van der Waals surface area contributed by atoms with Crippen molar-refractivity contribution in [1.82, 2.24) is 5.32 Å². The van der Waals surface area contributed by atoms with E-state index in [0.29, 0.717) is 5.92 Å². The van der Waals surface area contributed by atoms with Crippen LogP contribution in [0.3, 0.4) is 0 Å². The van der Waals surface area contributed by atoms with Crippen LogP contribution in [0.25, 0.3) is 0 Å². The molecule has 1 N–H and O–H groups in total. The van der Waals surface area contributed by atoms with Gasteiger partial charge in [-0.1, -0.05) is 39.8 Å². The molecule has 0 aliphatic carbocycles. The third kappa shape index (κ3) is 6.06. The van der Waals surface area contributed by atoms with E-state index in [4.69, 9.17) is 4.74 Å². The summed E-state index contributed by atoms with van der Waals surface area (Å²) in [5, 5.41) is 3.40. The third-order valence-corrected chi connectivity index (χ3v) is 2.97. The molecule has 0 aliphatic heterocycles. The van der Waals surface area contributed by atoms with Crippen LogP contribution in [-0.2, 0) is 0 Å². The number of benzene rings is 1. The van der Waals surface area contributed by atoms with Gasteiger partial charge in [-0.15, -0.1) is 0 Å². The normalized spacial score (nSPS) is 11.2. The zero-order valence-corrected chi connectivity index (χ0v) is 12.2.